The van der Waals surface area contributed by atoms with E-state index in [0.29, 0.717) is 17.2 Å². The van der Waals surface area contributed by atoms with E-state index in [0.717, 1.165) is 15.7 Å². The molecular weight excluding hydrogens is 234 g/mol. The number of rotatable bonds is 2. The summed E-state index contributed by atoms with van der Waals surface area (Å²) in [4.78, 5) is 13.7. The predicted octanol–water partition coefficient (Wildman–Crippen LogP) is 2.47. The van der Waals surface area contributed by atoms with Gasteiger partial charge in [-0.25, -0.2) is 15.0 Å². The summed E-state index contributed by atoms with van der Waals surface area (Å²) in [7, 11) is 0. The van der Waals surface area contributed by atoms with E-state index in [1.54, 1.807) is 18.3 Å². The standard InChI is InChI=1S/C11H11N5S/c1-6-7(2)17-11(14-6)16-10-9(4-12)5-13-8(3)15-10/h5H,1-3H3,(H,13,14,15,16). The molecule has 0 aliphatic carbocycles. The number of hydrogen-bond acceptors (Lipinski definition) is 6. The lowest BCUT2D eigenvalue weighted by molar-refractivity contribution is 1.05. The first kappa shape index (κ1) is 11.5. The fourth-order valence-corrected chi connectivity index (χ4v) is 2.09. The van der Waals surface area contributed by atoms with E-state index in [9.17, 15) is 0 Å². The first-order valence-electron chi connectivity index (χ1n) is 5.05. The Hall–Kier alpha value is -2.00. The van der Waals surface area contributed by atoms with E-state index in [4.69, 9.17) is 5.26 Å². The van der Waals surface area contributed by atoms with E-state index >= 15 is 0 Å². The summed E-state index contributed by atoms with van der Waals surface area (Å²) >= 11 is 1.54. The highest BCUT2D eigenvalue weighted by Crippen LogP contribution is 2.25. The van der Waals surface area contributed by atoms with Gasteiger partial charge in [0.05, 0.1) is 11.9 Å². The molecule has 0 fully saturated rings. The quantitative estimate of drug-likeness (QED) is 0.879. The highest BCUT2D eigenvalue weighted by Gasteiger charge is 2.09. The van der Waals surface area contributed by atoms with Gasteiger partial charge in [-0.2, -0.15) is 5.26 Å². The first-order valence-corrected chi connectivity index (χ1v) is 5.86. The molecule has 0 saturated carbocycles. The fourth-order valence-electron chi connectivity index (χ4n) is 1.27. The molecule has 0 radical (unpaired) electrons. The Morgan fingerprint density at radius 1 is 1.29 bits per heavy atom. The molecule has 17 heavy (non-hydrogen) atoms. The monoisotopic (exact) mass is 245 g/mol. The third-order valence-electron chi connectivity index (χ3n) is 2.28. The van der Waals surface area contributed by atoms with Crippen LogP contribution in [-0.4, -0.2) is 15.0 Å². The summed E-state index contributed by atoms with van der Waals surface area (Å²) in [6.45, 7) is 5.74. The Bertz CT molecular complexity index is 577. The minimum atomic E-state index is 0.418. The molecule has 0 bridgehead atoms. The van der Waals surface area contributed by atoms with Crippen molar-refractivity contribution in [2.24, 2.45) is 0 Å². The maximum absolute atomic E-state index is 8.96. The van der Waals surface area contributed by atoms with Crippen LogP contribution in [0.2, 0.25) is 0 Å². The number of anilines is 2. The van der Waals surface area contributed by atoms with Gasteiger partial charge in [-0.15, -0.1) is 11.3 Å². The lowest BCUT2D eigenvalue weighted by atomic mass is 10.3. The van der Waals surface area contributed by atoms with Crippen LogP contribution in [0.5, 0.6) is 0 Å². The average Bonchev–Trinajstić information content (AvgIpc) is 2.58. The summed E-state index contributed by atoms with van der Waals surface area (Å²) < 4.78 is 0. The highest BCUT2D eigenvalue weighted by atomic mass is 32.1. The van der Waals surface area contributed by atoms with Crippen molar-refractivity contribution in [1.82, 2.24) is 15.0 Å². The molecule has 2 aromatic heterocycles. The second kappa shape index (κ2) is 4.47. The molecule has 2 rings (SSSR count). The van der Waals surface area contributed by atoms with E-state index in [1.807, 2.05) is 13.8 Å². The number of aromatic nitrogens is 3. The van der Waals surface area contributed by atoms with Crippen LogP contribution in [0.1, 0.15) is 22.0 Å². The lowest BCUT2D eigenvalue weighted by Crippen LogP contribution is -1.99. The zero-order chi connectivity index (χ0) is 12.4. The van der Waals surface area contributed by atoms with Crippen molar-refractivity contribution < 1.29 is 0 Å². The average molecular weight is 245 g/mol. The maximum atomic E-state index is 8.96. The van der Waals surface area contributed by atoms with Crippen molar-refractivity contribution in [2.75, 3.05) is 5.32 Å². The van der Waals surface area contributed by atoms with Crippen molar-refractivity contribution in [3.05, 3.63) is 28.2 Å². The van der Waals surface area contributed by atoms with Crippen LogP contribution in [0, 0.1) is 32.1 Å². The Morgan fingerprint density at radius 2 is 2.06 bits per heavy atom. The van der Waals surface area contributed by atoms with Crippen LogP contribution < -0.4 is 5.32 Å². The molecule has 0 aliphatic heterocycles. The van der Waals surface area contributed by atoms with Gasteiger partial charge >= 0.3 is 0 Å². The minimum absolute atomic E-state index is 0.418. The Morgan fingerprint density at radius 3 is 2.65 bits per heavy atom. The second-order valence-corrected chi connectivity index (χ2v) is 4.78. The van der Waals surface area contributed by atoms with Gasteiger partial charge in [-0.1, -0.05) is 0 Å². The van der Waals surface area contributed by atoms with Crippen molar-refractivity contribution in [2.45, 2.75) is 20.8 Å². The SMILES string of the molecule is Cc1ncc(C#N)c(Nc2nc(C)c(C)s2)n1. The molecule has 0 amide bonds. The third kappa shape index (κ3) is 2.40. The lowest BCUT2D eigenvalue weighted by Gasteiger charge is -2.03. The molecular formula is C11H11N5S. The molecule has 2 heterocycles. The molecule has 86 valence electrons. The van der Waals surface area contributed by atoms with Gasteiger partial charge < -0.3 is 5.32 Å². The zero-order valence-corrected chi connectivity index (χ0v) is 10.6. The molecule has 0 aromatic carbocycles. The second-order valence-electron chi connectivity index (χ2n) is 3.58. The maximum Gasteiger partial charge on any atom is 0.188 e. The molecule has 0 atom stereocenters. The summed E-state index contributed by atoms with van der Waals surface area (Å²) in [5, 5.41) is 12.8. The number of hydrogen-bond donors (Lipinski definition) is 1. The largest absolute Gasteiger partial charge is 0.315 e. The number of nitrogens with zero attached hydrogens (tertiary/aromatic N) is 4. The Kier molecular flexibility index (Phi) is 3.02. The van der Waals surface area contributed by atoms with Crippen LogP contribution >= 0.6 is 11.3 Å². The highest BCUT2D eigenvalue weighted by molar-refractivity contribution is 7.15. The molecule has 1 N–H and O–H groups in total. The summed E-state index contributed by atoms with van der Waals surface area (Å²) in [6, 6.07) is 2.05. The van der Waals surface area contributed by atoms with Gasteiger partial charge in [0, 0.05) is 4.88 Å². The summed E-state index contributed by atoms with van der Waals surface area (Å²) in [5.41, 5.74) is 1.41. The third-order valence-corrected chi connectivity index (χ3v) is 3.27. The van der Waals surface area contributed by atoms with Crippen LogP contribution in [0.3, 0.4) is 0 Å². The van der Waals surface area contributed by atoms with Gasteiger partial charge in [0.15, 0.2) is 10.9 Å². The van der Waals surface area contributed by atoms with Crippen LogP contribution in [-0.2, 0) is 0 Å². The van der Waals surface area contributed by atoms with Gasteiger partial charge in [-0.3, -0.25) is 0 Å². The van der Waals surface area contributed by atoms with Crippen LogP contribution in [0.15, 0.2) is 6.20 Å². The number of thiazole rings is 1. The van der Waals surface area contributed by atoms with E-state index in [1.165, 1.54) is 6.20 Å². The van der Waals surface area contributed by atoms with Crippen molar-refractivity contribution in [1.29, 1.82) is 5.26 Å². The van der Waals surface area contributed by atoms with Gasteiger partial charge in [0.25, 0.3) is 0 Å². The topological polar surface area (TPSA) is 74.5 Å². The molecule has 2 aromatic rings. The number of nitriles is 1. The molecule has 5 nitrogen and oxygen atoms in total. The molecule has 0 aliphatic rings. The van der Waals surface area contributed by atoms with Gasteiger partial charge in [-0.05, 0) is 20.8 Å². The summed E-state index contributed by atoms with van der Waals surface area (Å²) in [5.74, 6) is 1.13. The molecule has 0 spiro atoms. The van der Waals surface area contributed by atoms with Crippen molar-refractivity contribution >= 4 is 22.3 Å². The Labute approximate surface area is 103 Å². The minimum Gasteiger partial charge on any atom is -0.315 e. The fraction of sp³-hybridized carbons (Fsp3) is 0.273. The van der Waals surface area contributed by atoms with Crippen molar-refractivity contribution in [3.63, 3.8) is 0 Å². The smallest absolute Gasteiger partial charge is 0.188 e. The molecule has 0 unspecified atom stereocenters. The van der Waals surface area contributed by atoms with Crippen LogP contribution in [0.25, 0.3) is 0 Å². The van der Waals surface area contributed by atoms with Gasteiger partial charge in [0.1, 0.15) is 17.5 Å². The first-order chi connectivity index (χ1) is 8.10. The zero-order valence-electron chi connectivity index (χ0n) is 9.77. The summed E-state index contributed by atoms with van der Waals surface area (Å²) in [6.07, 6.45) is 1.51. The predicted molar refractivity (Wildman–Crippen MR) is 66.4 cm³/mol. The van der Waals surface area contributed by atoms with E-state index in [-0.39, 0.29) is 0 Å². The van der Waals surface area contributed by atoms with E-state index < -0.39 is 0 Å². The normalized spacial score (nSPS) is 10.0. The molecule has 6 heteroatoms. The van der Waals surface area contributed by atoms with Gasteiger partial charge in [0.2, 0.25) is 0 Å². The molecule has 0 saturated heterocycles. The van der Waals surface area contributed by atoms with E-state index in [2.05, 4.69) is 26.3 Å². The number of aryl methyl sites for hydroxylation is 3. The van der Waals surface area contributed by atoms with Crippen molar-refractivity contribution in [3.8, 4) is 6.07 Å². The number of nitrogens with one attached hydrogen (secondary N) is 1. The Balaban J connectivity index is 2.35. The van der Waals surface area contributed by atoms with Crippen LogP contribution in [0.4, 0.5) is 10.9 Å².